The van der Waals surface area contributed by atoms with Gasteiger partial charge in [-0.05, 0) is 55.0 Å². The molecule has 4 rings (SSSR count). The Bertz CT molecular complexity index is 1250. The first-order valence-electron chi connectivity index (χ1n) is 10.8. The molecule has 0 aliphatic rings. The minimum Gasteiger partial charge on any atom is -0.496 e. The number of aryl methyl sites for hydroxylation is 1. The molecule has 0 radical (unpaired) electrons. The second kappa shape index (κ2) is 10.6. The van der Waals surface area contributed by atoms with Crippen molar-refractivity contribution >= 4 is 5.97 Å². The van der Waals surface area contributed by atoms with Crippen molar-refractivity contribution in [3.63, 3.8) is 0 Å². The number of ether oxygens (including phenoxy) is 3. The average molecular weight is 459 g/mol. The molecule has 0 fully saturated rings. The van der Waals surface area contributed by atoms with Crippen LogP contribution in [0.15, 0.2) is 77.2 Å². The molecule has 1 aromatic heterocycles. The third-order valence-electron chi connectivity index (χ3n) is 5.24. The van der Waals surface area contributed by atoms with Crippen LogP contribution in [0.1, 0.15) is 11.5 Å². The molecule has 0 aliphatic heterocycles. The van der Waals surface area contributed by atoms with Crippen molar-refractivity contribution in [2.75, 3.05) is 20.3 Å². The van der Waals surface area contributed by atoms with Crippen molar-refractivity contribution in [1.29, 1.82) is 0 Å². The highest BCUT2D eigenvalue weighted by atomic mass is 16.5. The Morgan fingerprint density at radius 2 is 1.56 bits per heavy atom. The number of carbonyl (C=O) groups is 1. The van der Waals surface area contributed by atoms with Crippen LogP contribution in [0.3, 0.4) is 0 Å². The predicted molar refractivity (Wildman–Crippen MR) is 127 cm³/mol. The summed E-state index contributed by atoms with van der Waals surface area (Å²) >= 11 is 0. The van der Waals surface area contributed by atoms with Gasteiger partial charge < -0.3 is 23.7 Å². The fourth-order valence-electron chi connectivity index (χ4n) is 3.50. The summed E-state index contributed by atoms with van der Waals surface area (Å²) in [5, 5.41) is 8.66. The van der Waals surface area contributed by atoms with Gasteiger partial charge in [0.15, 0.2) is 6.61 Å². The number of carboxylic acids is 1. The van der Waals surface area contributed by atoms with Gasteiger partial charge in [0, 0.05) is 17.5 Å². The molecule has 0 unspecified atom stereocenters. The number of benzene rings is 3. The fraction of sp³-hybridized carbons (Fsp3) is 0.185. The van der Waals surface area contributed by atoms with Gasteiger partial charge >= 0.3 is 5.97 Å². The molecule has 1 N–H and O–H groups in total. The van der Waals surface area contributed by atoms with E-state index >= 15 is 0 Å². The first kappa shape index (κ1) is 22.9. The van der Waals surface area contributed by atoms with Crippen LogP contribution in [0.2, 0.25) is 0 Å². The lowest BCUT2D eigenvalue weighted by atomic mass is 10.0. The van der Waals surface area contributed by atoms with Crippen LogP contribution < -0.4 is 14.2 Å². The number of para-hydroxylation sites is 1. The first-order chi connectivity index (χ1) is 16.5. The third-order valence-corrected chi connectivity index (χ3v) is 5.24. The number of rotatable bonds is 10. The van der Waals surface area contributed by atoms with Gasteiger partial charge in [-0.3, -0.25) is 0 Å². The highest BCUT2D eigenvalue weighted by Crippen LogP contribution is 2.31. The summed E-state index contributed by atoms with van der Waals surface area (Å²) in [6.07, 6.45) is 0.589. The fourth-order valence-corrected chi connectivity index (χ4v) is 3.50. The normalized spacial score (nSPS) is 10.6. The van der Waals surface area contributed by atoms with Crippen LogP contribution in [0.25, 0.3) is 22.6 Å². The van der Waals surface area contributed by atoms with Crippen molar-refractivity contribution in [3.05, 3.63) is 84.3 Å². The molecule has 0 atom stereocenters. The second-order valence-corrected chi connectivity index (χ2v) is 7.55. The Labute approximate surface area is 197 Å². The SMILES string of the molecule is COc1ccccc1-c1ccc(-c2nc(CCOc3ccc(OCC(=O)O)cc3)c(C)o2)cc1. The van der Waals surface area contributed by atoms with Crippen molar-refractivity contribution < 1.29 is 28.5 Å². The maximum Gasteiger partial charge on any atom is 0.341 e. The van der Waals surface area contributed by atoms with E-state index in [1.165, 1.54) is 0 Å². The topological polar surface area (TPSA) is 91.0 Å². The Morgan fingerprint density at radius 3 is 2.24 bits per heavy atom. The van der Waals surface area contributed by atoms with Gasteiger partial charge in [-0.25, -0.2) is 9.78 Å². The number of aliphatic carboxylic acids is 1. The first-order valence-corrected chi connectivity index (χ1v) is 10.8. The summed E-state index contributed by atoms with van der Waals surface area (Å²) in [4.78, 5) is 15.2. The van der Waals surface area contributed by atoms with E-state index in [0.717, 1.165) is 33.9 Å². The number of nitrogens with zero attached hydrogens (tertiary/aromatic N) is 1. The largest absolute Gasteiger partial charge is 0.496 e. The maximum atomic E-state index is 10.6. The van der Waals surface area contributed by atoms with Gasteiger partial charge in [-0.1, -0.05) is 30.3 Å². The number of methoxy groups -OCH3 is 1. The molecule has 0 amide bonds. The molecule has 4 aromatic rings. The van der Waals surface area contributed by atoms with E-state index in [-0.39, 0.29) is 6.61 Å². The lowest BCUT2D eigenvalue weighted by Gasteiger charge is -2.08. The number of oxazole rings is 1. The molecule has 1 heterocycles. The zero-order chi connectivity index (χ0) is 23.9. The van der Waals surface area contributed by atoms with E-state index < -0.39 is 5.97 Å². The molecule has 7 heteroatoms. The van der Waals surface area contributed by atoms with Crippen LogP contribution in [0, 0.1) is 6.92 Å². The Hall–Kier alpha value is -4.26. The zero-order valence-corrected chi connectivity index (χ0v) is 19.0. The van der Waals surface area contributed by atoms with E-state index in [0.29, 0.717) is 30.4 Å². The summed E-state index contributed by atoms with van der Waals surface area (Å²) in [6, 6.07) is 22.8. The van der Waals surface area contributed by atoms with Crippen molar-refractivity contribution in [1.82, 2.24) is 4.98 Å². The quantitative estimate of drug-likeness (QED) is 0.339. The van der Waals surface area contributed by atoms with Gasteiger partial charge in [0.2, 0.25) is 5.89 Å². The third kappa shape index (κ3) is 5.56. The summed E-state index contributed by atoms with van der Waals surface area (Å²) in [6.45, 7) is 1.94. The monoisotopic (exact) mass is 459 g/mol. The standard InChI is InChI=1S/C27H25NO6/c1-18-24(15-16-32-21-11-13-22(14-12-21)33-17-26(29)30)28-27(34-18)20-9-7-19(8-10-20)23-5-3-4-6-25(23)31-2/h3-14H,15-17H2,1-2H3,(H,29,30). The lowest BCUT2D eigenvalue weighted by Crippen LogP contribution is -2.09. The van der Waals surface area contributed by atoms with Gasteiger partial charge in [0.05, 0.1) is 19.4 Å². The summed E-state index contributed by atoms with van der Waals surface area (Å²) in [5.41, 5.74) is 3.81. The van der Waals surface area contributed by atoms with Gasteiger partial charge in [-0.2, -0.15) is 0 Å². The van der Waals surface area contributed by atoms with E-state index in [9.17, 15) is 4.79 Å². The molecule has 0 bridgehead atoms. The molecule has 3 aromatic carbocycles. The number of hydrogen-bond acceptors (Lipinski definition) is 6. The molecule has 0 aliphatic carbocycles. The van der Waals surface area contributed by atoms with Crippen LogP contribution in [-0.2, 0) is 11.2 Å². The van der Waals surface area contributed by atoms with Crippen molar-refractivity contribution in [3.8, 4) is 39.8 Å². The number of hydrogen-bond donors (Lipinski definition) is 1. The molecular weight excluding hydrogens is 434 g/mol. The smallest absolute Gasteiger partial charge is 0.341 e. The zero-order valence-electron chi connectivity index (χ0n) is 19.0. The minimum absolute atomic E-state index is 0.378. The molecule has 0 saturated carbocycles. The number of aromatic nitrogens is 1. The van der Waals surface area contributed by atoms with E-state index in [2.05, 4.69) is 4.98 Å². The second-order valence-electron chi connectivity index (χ2n) is 7.55. The molecule has 174 valence electrons. The van der Waals surface area contributed by atoms with Gasteiger partial charge in [-0.15, -0.1) is 0 Å². The van der Waals surface area contributed by atoms with E-state index in [1.807, 2.05) is 55.5 Å². The Balaban J connectivity index is 1.36. The van der Waals surface area contributed by atoms with Gasteiger partial charge in [0.1, 0.15) is 23.0 Å². The average Bonchev–Trinajstić information content (AvgIpc) is 3.24. The predicted octanol–water partition coefficient (Wildman–Crippen LogP) is 5.41. The Morgan fingerprint density at radius 1 is 0.912 bits per heavy atom. The van der Waals surface area contributed by atoms with E-state index in [4.69, 9.17) is 23.7 Å². The highest BCUT2D eigenvalue weighted by molar-refractivity contribution is 5.72. The van der Waals surface area contributed by atoms with Gasteiger partial charge in [0.25, 0.3) is 0 Å². The van der Waals surface area contributed by atoms with Crippen molar-refractivity contribution in [2.45, 2.75) is 13.3 Å². The van der Waals surface area contributed by atoms with Crippen LogP contribution >= 0.6 is 0 Å². The van der Waals surface area contributed by atoms with Crippen LogP contribution in [0.4, 0.5) is 0 Å². The molecule has 0 saturated heterocycles. The Kier molecular flexibility index (Phi) is 7.13. The van der Waals surface area contributed by atoms with Crippen LogP contribution in [-0.4, -0.2) is 36.4 Å². The van der Waals surface area contributed by atoms with Crippen LogP contribution in [0.5, 0.6) is 17.2 Å². The molecular formula is C27H25NO6. The van der Waals surface area contributed by atoms with E-state index in [1.54, 1.807) is 31.4 Å². The molecule has 34 heavy (non-hydrogen) atoms. The minimum atomic E-state index is -1.02. The number of carboxylic acid groups (broad SMARTS) is 1. The summed E-state index contributed by atoms with van der Waals surface area (Å²) < 4.78 is 22.3. The summed E-state index contributed by atoms with van der Waals surface area (Å²) in [7, 11) is 1.67. The maximum absolute atomic E-state index is 10.6. The highest BCUT2D eigenvalue weighted by Gasteiger charge is 2.13. The summed E-state index contributed by atoms with van der Waals surface area (Å²) in [5.74, 6) is 2.27. The molecule has 0 spiro atoms. The lowest BCUT2D eigenvalue weighted by molar-refractivity contribution is -0.139. The molecule has 7 nitrogen and oxygen atoms in total. The van der Waals surface area contributed by atoms with Crippen molar-refractivity contribution in [2.24, 2.45) is 0 Å².